The van der Waals surface area contributed by atoms with Gasteiger partial charge in [0.2, 0.25) is 0 Å². The first kappa shape index (κ1) is 41.4. The molecule has 5 rings (SSSR count). The van der Waals surface area contributed by atoms with Crippen LogP contribution in [-0.4, -0.2) is 78.1 Å². The molecule has 9 atom stereocenters. The molecule has 2 aromatic rings. The van der Waals surface area contributed by atoms with Gasteiger partial charge in [-0.3, -0.25) is 19.2 Å². The third-order valence-corrected chi connectivity index (χ3v) is 11.9. The first-order valence-electron chi connectivity index (χ1n) is 18.7. The smallest absolute Gasteiger partial charge is 0.338 e. The van der Waals surface area contributed by atoms with Crippen molar-refractivity contribution < 1.29 is 52.8 Å². The van der Waals surface area contributed by atoms with E-state index in [0.717, 1.165) is 5.56 Å². The van der Waals surface area contributed by atoms with Gasteiger partial charge in [0.15, 0.2) is 12.2 Å². The van der Waals surface area contributed by atoms with Crippen LogP contribution in [0, 0.1) is 16.7 Å². The molecule has 0 spiro atoms. The van der Waals surface area contributed by atoms with Crippen LogP contribution in [0.25, 0.3) is 0 Å². The number of rotatable bonds is 11. The van der Waals surface area contributed by atoms with E-state index in [0.29, 0.717) is 16.7 Å². The molecular formula is C43H53NO11. The average Bonchev–Trinajstić information content (AvgIpc) is 3.35. The Kier molecular flexibility index (Phi) is 12.1. The SMILES string of the molecule is C=C1[C@@H](OC(=O)CC(NC)c2ccccc2)C[C@H](OC(C)=O)[C@]2(C)[C@@H]1C[C@]1(C(C)(C)O)CC(OC(C)=O)C(C)=C1[C@@H](OC(=O)c1ccccc1)[C@@H]2OC(C)=O. The molecule has 296 valence electrons. The lowest BCUT2D eigenvalue weighted by atomic mass is 9.56. The van der Waals surface area contributed by atoms with Crippen molar-refractivity contribution in [2.24, 2.45) is 16.7 Å². The summed E-state index contributed by atoms with van der Waals surface area (Å²) in [7, 11) is 1.75. The molecule has 12 nitrogen and oxygen atoms in total. The zero-order valence-corrected chi connectivity index (χ0v) is 32.9. The second kappa shape index (κ2) is 16.1. The zero-order valence-electron chi connectivity index (χ0n) is 32.9. The lowest BCUT2D eigenvalue weighted by Crippen LogP contribution is -2.60. The number of benzene rings is 2. The summed E-state index contributed by atoms with van der Waals surface area (Å²) in [5.41, 5.74) is -1.70. The first-order chi connectivity index (χ1) is 25.8. The number of esters is 5. The Balaban J connectivity index is 1.70. The minimum absolute atomic E-state index is 0.0121. The van der Waals surface area contributed by atoms with E-state index in [4.69, 9.17) is 23.7 Å². The van der Waals surface area contributed by atoms with Crippen LogP contribution in [0.2, 0.25) is 0 Å². The highest BCUT2D eigenvalue weighted by Crippen LogP contribution is 2.65. The van der Waals surface area contributed by atoms with Gasteiger partial charge in [0, 0.05) is 45.1 Å². The van der Waals surface area contributed by atoms with Crippen molar-refractivity contribution in [1.82, 2.24) is 5.32 Å². The third-order valence-electron chi connectivity index (χ3n) is 11.9. The van der Waals surface area contributed by atoms with E-state index in [-0.39, 0.29) is 37.3 Å². The lowest BCUT2D eigenvalue weighted by molar-refractivity contribution is -0.198. The van der Waals surface area contributed by atoms with E-state index in [1.165, 1.54) is 20.8 Å². The number of carbonyl (C=O) groups excluding carboxylic acids is 5. The highest BCUT2D eigenvalue weighted by Gasteiger charge is 2.69. The van der Waals surface area contributed by atoms with Crippen molar-refractivity contribution in [3.8, 4) is 0 Å². The van der Waals surface area contributed by atoms with Gasteiger partial charge < -0.3 is 34.1 Å². The Labute approximate surface area is 322 Å². The van der Waals surface area contributed by atoms with Crippen molar-refractivity contribution in [2.75, 3.05) is 7.05 Å². The van der Waals surface area contributed by atoms with Crippen LogP contribution >= 0.6 is 0 Å². The molecule has 3 aliphatic rings. The summed E-state index contributed by atoms with van der Waals surface area (Å²) in [6, 6.07) is 17.4. The fourth-order valence-corrected chi connectivity index (χ4v) is 9.18. The van der Waals surface area contributed by atoms with Crippen LogP contribution in [0.3, 0.4) is 0 Å². The van der Waals surface area contributed by atoms with Gasteiger partial charge in [0.25, 0.3) is 0 Å². The van der Waals surface area contributed by atoms with Gasteiger partial charge in [0.1, 0.15) is 18.3 Å². The molecule has 2 aromatic carbocycles. The average molecular weight is 760 g/mol. The monoisotopic (exact) mass is 759 g/mol. The summed E-state index contributed by atoms with van der Waals surface area (Å²) in [6.07, 6.45) is -5.39. The topological polar surface area (TPSA) is 164 Å². The highest BCUT2D eigenvalue weighted by molar-refractivity contribution is 5.89. The number of ether oxygens (including phenoxy) is 5. The summed E-state index contributed by atoms with van der Waals surface area (Å²) in [6.45, 7) is 15.1. The number of hydrogen-bond acceptors (Lipinski definition) is 12. The maximum Gasteiger partial charge on any atom is 0.338 e. The van der Waals surface area contributed by atoms with Crippen molar-refractivity contribution in [3.63, 3.8) is 0 Å². The molecule has 0 amide bonds. The normalized spacial score (nSPS) is 29.5. The Morgan fingerprint density at radius 3 is 1.98 bits per heavy atom. The largest absolute Gasteiger partial charge is 0.462 e. The predicted octanol–water partition coefficient (Wildman–Crippen LogP) is 5.73. The third kappa shape index (κ3) is 8.11. The molecule has 12 heteroatoms. The number of fused-ring (bicyclic) bond motifs is 2. The Bertz CT molecular complexity index is 1830. The van der Waals surface area contributed by atoms with Gasteiger partial charge >= 0.3 is 29.8 Å². The van der Waals surface area contributed by atoms with Gasteiger partial charge in [-0.15, -0.1) is 0 Å². The van der Waals surface area contributed by atoms with Gasteiger partial charge in [-0.05, 0) is 74.6 Å². The van der Waals surface area contributed by atoms with Gasteiger partial charge in [-0.2, -0.15) is 0 Å². The molecule has 0 heterocycles. The van der Waals surface area contributed by atoms with Crippen molar-refractivity contribution in [1.29, 1.82) is 0 Å². The predicted molar refractivity (Wildman–Crippen MR) is 201 cm³/mol. The molecule has 2 saturated carbocycles. The molecule has 2 unspecified atom stereocenters. The molecule has 0 aromatic heterocycles. The highest BCUT2D eigenvalue weighted by atomic mass is 16.6. The van der Waals surface area contributed by atoms with Crippen LogP contribution in [0.4, 0.5) is 0 Å². The van der Waals surface area contributed by atoms with E-state index in [1.54, 1.807) is 65.1 Å². The molecular weight excluding hydrogens is 706 g/mol. The van der Waals surface area contributed by atoms with E-state index in [1.807, 2.05) is 30.3 Å². The van der Waals surface area contributed by atoms with E-state index in [2.05, 4.69) is 11.9 Å². The van der Waals surface area contributed by atoms with Gasteiger partial charge in [0.05, 0.1) is 23.0 Å². The Hall–Kier alpha value is -4.81. The van der Waals surface area contributed by atoms with Crippen LogP contribution in [-0.2, 0) is 42.9 Å². The summed E-state index contributed by atoms with van der Waals surface area (Å²) >= 11 is 0. The van der Waals surface area contributed by atoms with Crippen LogP contribution in [0.1, 0.15) is 96.1 Å². The fraction of sp³-hybridized carbons (Fsp3) is 0.512. The maximum atomic E-state index is 14.0. The first-order valence-corrected chi connectivity index (χ1v) is 18.7. The summed E-state index contributed by atoms with van der Waals surface area (Å²) in [5.74, 6) is -3.92. The number of hydrogen-bond donors (Lipinski definition) is 2. The molecule has 3 aliphatic carbocycles. The number of carbonyl (C=O) groups is 5. The molecule has 0 aliphatic heterocycles. The molecule has 0 radical (unpaired) electrons. The minimum atomic E-state index is -1.57. The van der Waals surface area contributed by atoms with Gasteiger partial charge in [-0.25, -0.2) is 4.79 Å². The lowest BCUT2D eigenvalue weighted by Gasteiger charge is -2.53. The van der Waals surface area contributed by atoms with Crippen molar-refractivity contribution >= 4 is 29.8 Å². The summed E-state index contributed by atoms with van der Waals surface area (Å²) in [4.78, 5) is 66.3. The minimum Gasteiger partial charge on any atom is -0.462 e. The zero-order chi connectivity index (χ0) is 40.5. The van der Waals surface area contributed by atoms with Crippen LogP contribution < -0.4 is 5.32 Å². The van der Waals surface area contributed by atoms with Crippen LogP contribution in [0.5, 0.6) is 0 Å². The quantitative estimate of drug-likeness (QED) is 0.163. The summed E-state index contributed by atoms with van der Waals surface area (Å²) in [5, 5.41) is 15.5. The number of nitrogens with one attached hydrogen (secondary N) is 1. The molecule has 55 heavy (non-hydrogen) atoms. The standard InChI is InChI=1S/C43H53NO11/c1-24-31-22-43(41(6,7)50)23-34(51-26(3)45)25(2)37(43)38(55-40(49)30-18-14-11-15-19-30)39(53-28(5)47)42(31,8)35(52-27(4)46)21-33(24)54-36(48)20-32(44-9)29-16-12-10-13-17-29/h10-19,31-35,38-39,44,50H,1,20-23H2,2-9H3/t31-,32?,33+,34?,35+,38-,39+,42+,43+/m1/s1. The summed E-state index contributed by atoms with van der Waals surface area (Å²) < 4.78 is 30.8. The van der Waals surface area contributed by atoms with Crippen LogP contribution in [0.15, 0.2) is 84.0 Å². The Morgan fingerprint density at radius 1 is 0.855 bits per heavy atom. The van der Waals surface area contributed by atoms with Gasteiger partial charge in [-0.1, -0.05) is 62.0 Å². The Morgan fingerprint density at radius 2 is 1.44 bits per heavy atom. The second-order valence-electron chi connectivity index (χ2n) is 15.7. The van der Waals surface area contributed by atoms with E-state index in [9.17, 15) is 29.1 Å². The number of aliphatic hydroxyl groups is 1. The van der Waals surface area contributed by atoms with Crippen molar-refractivity contribution in [2.45, 2.75) is 116 Å². The molecule has 0 bridgehead atoms. The van der Waals surface area contributed by atoms with Crippen molar-refractivity contribution in [3.05, 3.63) is 95.1 Å². The molecule has 2 N–H and O–H groups in total. The fourth-order valence-electron chi connectivity index (χ4n) is 9.18. The molecule has 2 fully saturated rings. The molecule has 0 saturated heterocycles. The maximum absolute atomic E-state index is 14.0. The van der Waals surface area contributed by atoms with E-state index < -0.39 is 82.7 Å². The second-order valence-corrected chi connectivity index (χ2v) is 15.7. The van der Waals surface area contributed by atoms with E-state index >= 15 is 0 Å².